The Morgan fingerprint density at radius 1 is 1.10 bits per heavy atom. The van der Waals surface area contributed by atoms with Crippen molar-refractivity contribution in [2.24, 2.45) is 0 Å². The van der Waals surface area contributed by atoms with Gasteiger partial charge in [-0.25, -0.2) is 4.79 Å². The fraction of sp³-hybridized carbons (Fsp3) is 0.235. The zero-order chi connectivity index (χ0) is 15.1. The Bertz CT molecular complexity index is 569. The van der Waals surface area contributed by atoms with Gasteiger partial charge in [0, 0.05) is 16.8 Å². The largest absolute Gasteiger partial charge is 0.335 e. The van der Waals surface area contributed by atoms with Crippen molar-refractivity contribution in [2.45, 2.75) is 25.8 Å². The van der Waals surface area contributed by atoms with Crippen molar-refractivity contribution in [3.63, 3.8) is 0 Å². The fourth-order valence-corrected chi connectivity index (χ4v) is 2.15. The lowest BCUT2D eigenvalue weighted by Crippen LogP contribution is -2.36. The van der Waals surface area contributed by atoms with Crippen LogP contribution >= 0.6 is 11.6 Å². The number of hydrogen-bond donors (Lipinski definition) is 2. The minimum atomic E-state index is -0.196. The molecule has 2 aromatic carbocycles. The molecule has 4 heteroatoms. The summed E-state index contributed by atoms with van der Waals surface area (Å²) in [4.78, 5) is 11.9. The monoisotopic (exact) mass is 302 g/mol. The number of amides is 2. The second-order valence-electron chi connectivity index (χ2n) is 5.03. The van der Waals surface area contributed by atoms with E-state index in [-0.39, 0.29) is 12.1 Å². The molecule has 0 saturated heterocycles. The molecule has 0 aliphatic carbocycles. The maximum absolute atomic E-state index is 11.9. The summed E-state index contributed by atoms with van der Waals surface area (Å²) in [6.07, 6.45) is 1.85. The summed E-state index contributed by atoms with van der Waals surface area (Å²) in [6.45, 7) is 2.00. The maximum Gasteiger partial charge on any atom is 0.319 e. The van der Waals surface area contributed by atoms with Gasteiger partial charge in [-0.1, -0.05) is 41.9 Å². The lowest BCUT2D eigenvalue weighted by molar-refractivity contribution is 0.248. The van der Waals surface area contributed by atoms with Gasteiger partial charge in [-0.05, 0) is 49.6 Å². The number of rotatable bonds is 5. The van der Waals surface area contributed by atoms with Crippen molar-refractivity contribution in [2.75, 3.05) is 5.32 Å². The normalized spacial score (nSPS) is 11.7. The highest BCUT2D eigenvalue weighted by Crippen LogP contribution is 2.13. The quantitative estimate of drug-likeness (QED) is 0.840. The van der Waals surface area contributed by atoms with Crippen LogP contribution in [0, 0.1) is 0 Å². The van der Waals surface area contributed by atoms with E-state index in [4.69, 9.17) is 11.6 Å². The van der Waals surface area contributed by atoms with Crippen LogP contribution in [0.2, 0.25) is 5.02 Å². The first-order valence-corrected chi connectivity index (χ1v) is 7.38. The molecule has 3 nitrogen and oxygen atoms in total. The van der Waals surface area contributed by atoms with Gasteiger partial charge < -0.3 is 10.6 Å². The zero-order valence-corrected chi connectivity index (χ0v) is 12.7. The lowest BCUT2D eigenvalue weighted by atomic mass is 10.1. The van der Waals surface area contributed by atoms with Crippen LogP contribution in [0.15, 0.2) is 54.6 Å². The van der Waals surface area contributed by atoms with Crippen LogP contribution in [0.1, 0.15) is 18.9 Å². The van der Waals surface area contributed by atoms with E-state index in [2.05, 4.69) is 22.8 Å². The van der Waals surface area contributed by atoms with Gasteiger partial charge in [-0.2, -0.15) is 0 Å². The summed E-state index contributed by atoms with van der Waals surface area (Å²) in [5, 5.41) is 6.37. The van der Waals surface area contributed by atoms with Gasteiger partial charge >= 0.3 is 6.03 Å². The number of urea groups is 1. The van der Waals surface area contributed by atoms with Crippen LogP contribution in [-0.2, 0) is 6.42 Å². The predicted molar refractivity (Wildman–Crippen MR) is 87.8 cm³/mol. The number of hydrogen-bond acceptors (Lipinski definition) is 1. The maximum atomic E-state index is 11.9. The molecule has 0 radical (unpaired) electrons. The Hall–Kier alpha value is -2.00. The summed E-state index contributed by atoms with van der Waals surface area (Å²) in [5.74, 6) is 0. The van der Waals surface area contributed by atoms with Crippen LogP contribution in [0.25, 0.3) is 0 Å². The Morgan fingerprint density at radius 3 is 2.43 bits per heavy atom. The Kier molecular flexibility index (Phi) is 5.64. The minimum Gasteiger partial charge on any atom is -0.335 e. The molecular weight excluding hydrogens is 284 g/mol. The minimum absolute atomic E-state index is 0.109. The van der Waals surface area contributed by atoms with Crippen molar-refractivity contribution in [1.82, 2.24) is 5.32 Å². The van der Waals surface area contributed by atoms with Crippen LogP contribution in [0.5, 0.6) is 0 Å². The molecule has 1 atom stereocenters. The molecule has 2 rings (SSSR count). The van der Waals surface area contributed by atoms with Gasteiger partial charge in [0.15, 0.2) is 0 Å². The molecule has 0 aromatic heterocycles. The average Bonchev–Trinajstić information content (AvgIpc) is 2.48. The van der Waals surface area contributed by atoms with E-state index in [1.165, 1.54) is 5.56 Å². The number of nitrogens with one attached hydrogen (secondary N) is 2. The van der Waals surface area contributed by atoms with Crippen molar-refractivity contribution >= 4 is 23.3 Å². The summed E-state index contributed by atoms with van der Waals surface area (Å²) in [5.41, 5.74) is 2.01. The molecule has 21 heavy (non-hydrogen) atoms. The first kappa shape index (κ1) is 15.4. The molecule has 0 spiro atoms. The van der Waals surface area contributed by atoms with Gasteiger partial charge in [-0.3, -0.25) is 0 Å². The highest BCUT2D eigenvalue weighted by Gasteiger charge is 2.07. The number of carbonyl (C=O) groups excluding carboxylic acids is 1. The van der Waals surface area contributed by atoms with Crippen LogP contribution in [-0.4, -0.2) is 12.1 Å². The second kappa shape index (κ2) is 7.70. The second-order valence-corrected chi connectivity index (χ2v) is 5.47. The molecule has 0 aliphatic rings. The van der Waals surface area contributed by atoms with Gasteiger partial charge in [0.2, 0.25) is 0 Å². The number of halogens is 1. The molecule has 0 saturated carbocycles. The third-order valence-electron chi connectivity index (χ3n) is 3.19. The van der Waals surface area contributed by atoms with E-state index >= 15 is 0 Å². The molecular formula is C17H19ClN2O. The summed E-state index contributed by atoms with van der Waals surface area (Å²) >= 11 is 5.80. The highest BCUT2D eigenvalue weighted by atomic mass is 35.5. The summed E-state index contributed by atoms with van der Waals surface area (Å²) in [6, 6.07) is 17.2. The van der Waals surface area contributed by atoms with Crippen molar-refractivity contribution in [1.29, 1.82) is 0 Å². The van der Waals surface area contributed by atoms with E-state index in [9.17, 15) is 4.79 Å². The number of anilines is 1. The standard InChI is InChI=1S/C17H19ClN2O/c1-13(7-8-14-5-3-2-4-6-14)19-17(21)20-16-11-9-15(18)10-12-16/h2-6,9-13H,7-8H2,1H3,(H2,19,20,21). The summed E-state index contributed by atoms with van der Waals surface area (Å²) < 4.78 is 0. The molecule has 1 unspecified atom stereocenters. The smallest absolute Gasteiger partial charge is 0.319 e. The van der Waals surface area contributed by atoms with Gasteiger partial charge in [0.1, 0.15) is 0 Å². The van der Waals surface area contributed by atoms with E-state index in [0.29, 0.717) is 5.02 Å². The number of carbonyl (C=O) groups is 1. The average molecular weight is 303 g/mol. The topological polar surface area (TPSA) is 41.1 Å². The molecule has 0 bridgehead atoms. The van der Waals surface area contributed by atoms with Gasteiger partial charge in [0.05, 0.1) is 0 Å². The van der Waals surface area contributed by atoms with Gasteiger partial charge in [-0.15, -0.1) is 0 Å². The Balaban J connectivity index is 1.75. The van der Waals surface area contributed by atoms with E-state index in [1.807, 2.05) is 25.1 Å². The van der Waals surface area contributed by atoms with E-state index in [1.54, 1.807) is 24.3 Å². The summed E-state index contributed by atoms with van der Waals surface area (Å²) in [7, 11) is 0. The molecule has 2 aromatic rings. The van der Waals surface area contributed by atoms with Crippen molar-refractivity contribution in [3.8, 4) is 0 Å². The Labute approximate surface area is 130 Å². The third kappa shape index (κ3) is 5.48. The van der Waals surface area contributed by atoms with Crippen LogP contribution in [0.3, 0.4) is 0 Å². The predicted octanol–water partition coefficient (Wildman–Crippen LogP) is 4.48. The zero-order valence-electron chi connectivity index (χ0n) is 12.0. The molecule has 110 valence electrons. The SMILES string of the molecule is CC(CCc1ccccc1)NC(=O)Nc1ccc(Cl)cc1. The van der Waals surface area contributed by atoms with Gasteiger partial charge in [0.25, 0.3) is 0 Å². The number of aryl methyl sites for hydroxylation is 1. The number of benzene rings is 2. The van der Waals surface area contributed by atoms with Crippen molar-refractivity contribution < 1.29 is 4.79 Å². The first-order chi connectivity index (χ1) is 10.1. The lowest BCUT2D eigenvalue weighted by Gasteiger charge is -2.14. The van der Waals surface area contributed by atoms with Crippen molar-refractivity contribution in [3.05, 3.63) is 65.2 Å². The molecule has 0 fully saturated rings. The third-order valence-corrected chi connectivity index (χ3v) is 3.44. The van der Waals surface area contributed by atoms with Crippen LogP contribution in [0.4, 0.5) is 10.5 Å². The van der Waals surface area contributed by atoms with E-state index < -0.39 is 0 Å². The Morgan fingerprint density at radius 2 is 1.76 bits per heavy atom. The highest BCUT2D eigenvalue weighted by molar-refractivity contribution is 6.30. The van der Waals surface area contributed by atoms with Crippen LogP contribution < -0.4 is 10.6 Å². The molecule has 0 aliphatic heterocycles. The van der Waals surface area contributed by atoms with E-state index in [0.717, 1.165) is 18.5 Å². The molecule has 2 N–H and O–H groups in total. The fourth-order valence-electron chi connectivity index (χ4n) is 2.02. The first-order valence-electron chi connectivity index (χ1n) is 7.00. The molecule has 2 amide bonds. The molecule has 0 heterocycles.